The van der Waals surface area contributed by atoms with Crippen LogP contribution in [0.2, 0.25) is 0 Å². The molecule has 1 fully saturated rings. The molecule has 1 saturated heterocycles. The Morgan fingerprint density at radius 3 is 3.00 bits per heavy atom. The number of benzene rings is 1. The van der Waals surface area contributed by atoms with Gasteiger partial charge < -0.3 is 10.2 Å². The van der Waals surface area contributed by atoms with Crippen molar-refractivity contribution in [1.82, 2.24) is 10.2 Å². The van der Waals surface area contributed by atoms with Crippen molar-refractivity contribution >= 4 is 5.91 Å². The van der Waals surface area contributed by atoms with Crippen LogP contribution in [0.25, 0.3) is 0 Å². The van der Waals surface area contributed by atoms with Crippen LogP contribution >= 0.6 is 0 Å². The van der Waals surface area contributed by atoms with E-state index in [0.717, 1.165) is 25.1 Å². The molecule has 1 aromatic rings. The first-order valence-corrected chi connectivity index (χ1v) is 7.37. The van der Waals surface area contributed by atoms with Gasteiger partial charge in [0, 0.05) is 19.6 Å². The normalized spacial score (nSPS) is 18.8. The number of nitrogens with one attached hydrogen (secondary N) is 1. The van der Waals surface area contributed by atoms with E-state index in [1.165, 1.54) is 31.4 Å². The molecule has 110 valence electrons. The lowest BCUT2D eigenvalue weighted by Gasteiger charge is -2.26. The van der Waals surface area contributed by atoms with Gasteiger partial charge >= 0.3 is 0 Å². The molecule has 2 rings (SSSR count). The van der Waals surface area contributed by atoms with E-state index in [2.05, 4.69) is 5.32 Å². The Kier molecular flexibility index (Phi) is 5.53. The van der Waals surface area contributed by atoms with Crippen LogP contribution in [-0.4, -0.2) is 37.0 Å². The summed E-state index contributed by atoms with van der Waals surface area (Å²) in [6, 6.07) is 6.79. The highest BCUT2D eigenvalue weighted by Crippen LogP contribution is 2.11. The Labute approximate surface area is 120 Å². The highest BCUT2D eigenvalue weighted by molar-refractivity contribution is 5.78. The number of piperidine rings is 1. The van der Waals surface area contributed by atoms with Crippen molar-refractivity contribution in [2.24, 2.45) is 0 Å². The number of halogens is 1. The average molecular weight is 278 g/mol. The number of hydrogen-bond donors (Lipinski definition) is 1. The fraction of sp³-hybridized carbons (Fsp3) is 0.562. The Hall–Kier alpha value is -1.42. The van der Waals surface area contributed by atoms with Crippen molar-refractivity contribution in [2.45, 2.75) is 38.1 Å². The molecule has 1 amide bonds. The van der Waals surface area contributed by atoms with Gasteiger partial charge in [-0.1, -0.05) is 18.6 Å². The summed E-state index contributed by atoms with van der Waals surface area (Å²) in [7, 11) is 1.82. The number of carbonyl (C=O) groups excluding carboxylic acids is 1. The number of carbonyl (C=O) groups is 1. The number of likely N-dealkylation sites (N-methyl/N-ethyl adjacent to an activating group) is 1. The molecule has 0 bridgehead atoms. The summed E-state index contributed by atoms with van der Waals surface area (Å²) in [5.41, 5.74) is 0.734. The van der Waals surface area contributed by atoms with Crippen molar-refractivity contribution in [3.63, 3.8) is 0 Å². The van der Waals surface area contributed by atoms with Crippen LogP contribution in [0, 0.1) is 5.82 Å². The predicted octanol–water partition coefficient (Wildman–Crippen LogP) is 2.36. The second-order valence-electron chi connectivity index (χ2n) is 5.56. The molecule has 0 aromatic heterocycles. The number of amides is 1. The van der Waals surface area contributed by atoms with E-state index in [9.17, 15) is 9.18 Å². The summed E-state index contributed by atoms with van der Waals surface area (Å²) >= 11 is 0. The van der Waals surface area contributed by atoms with Crippen LogP contribution in [0.3, 0.4) is 0 Å². The molecule has 3 nitrogen and oxygen atoms in total. The van der Waals surface area contributed by atoms with Gasteiger partial charge in [0.1, 0.15) is 5.82 Å². The van der Waals surface area contributed by atoms with E-state index < -0.39 is 0 Å². The van der Waals surface area contributed by atoms with Crippen molar-refractivity contribution < 1.29 is 9.18 Å². The van der Waals surface area contributed by atoms with Crippen LogP contribution in [0.4, 0.5) is 4.39 Å². The van der Waals surface area contributed by atoms with Gasteiger partial charge in [-0.15, -0.1) is 0 Å². The van der Waals surface area contributed by atoms with Gasteiger partial charge in [-0.25, -0.2) is 4.39 Å². The molecule has 4 heteroatoms. The summed E-state index contributed by atoms with van der Waals surface area (Å²) in [6.07, 6.45) is 4.99. The monoisotopic (exact) mass is 278 g/mol. The first-order valence-electron chi connectivity index (χ1n) is 7.37. The van der Waals surface area contributed by atoms with Crippen LogP contribution < -0.4 is 5.32 Å². The topological polar surface area (TPSA) is 32.3 Å². The van der Waals surface area contributed by atoms with Crippen LogP contribution in [-0.2, 0) is 11.2 Å². The maximum Gasteiger partial charge on any atom is 0.226 e. The zero-order chi connectivity index (χ0) is 14.4. The fourth-order valence-electron chi connectivity index (χ4n) is 2.60. The summed E-state index contributed by atoms with van der Waals surface area (Å²) in [5, 5.41) is 3.48. The quantitative estimate of drug-likeness (QED) is 0.896. The zero-order valence-electron chi connectivity index (χ0n) is 12.1. The predicted molar refractivity (Wildman–Crippen MR) is 78.0 cm³/mol. The van der Waals surface area contributed by atoms with E-state index in [0.29, 0.717) is 6.04 Å². The SMILES string of the molecule is CN(CCC1CCCCN1)C(=O)Cc1cccc(F)c1. The standard InChI is InChI=1S/C16H23FN2O/c1-19(10-8-15-7-2-3-9-18-15)16(20)12-13-5-4-6-14(17)11-13/h4-6,11,15,18H,2-3,7-10,12H2,1H3. The van der Waals surface area contributed by atoms with E-state index >= 15 is 0 Å². The van der Waals surface area contributed by atoms with Gasteiger partial charge in [-0.3, -0.25) is 4.79 Å². The van der Waals surface area contributed by atoms with Crippen molar-refractivity contribution in [3.8, 4) is 0 Å². The summed E-state index contributed by atoms with van der Waals surface area (Å²) < 4.78 is 13.1. The first-order chi connectivity index (χ1) is 9.65. The van der Waals surface area contributed by atoms with Crippen molar-refractivity contribution in [1.29, 1.82) is 0 Å². The fourth-order valence-corrected chi connectivity index (χ4v) is 2.60. The number of hydrogen-bond acceptors (Lipinski definition) is 2. The molecule has 1 unspecified atom stereocenters. The molecule has 1 N–H and O–H groups in total. The Morgan fingerprint density at radius 1 is 1.45 bits per heavy atom. The Bertz CT molecular complexity index is 444. The third kappa shape index (κ3) is 4.60. The molecular formula is C16H23FN2O. The maximum atomic E-state index is 13.1. The van der Waals surface area contributed by atoms with Gasteiger partial charge in [0.25, 0.3) is 0 Å². The second kappa shape index (κ2) is 7.39. The molecule has 0 spiro atoms. The molecule has 20 heavy (non-hydrogen) atoms. The maximum absolute atomic E-state index is 13.1. The largest absolute Gasteiger partial charge is 0.345 e. The first kappa shape index (κ1) is 15.0. The highest BCUT2D eigenvalue weighted by Gasteiger charge is 2.15. The van der Waals surface area contributed by atoms with Crippen LogP contribution in [0.5, 0.6) is 0 Å². The second-order valence-corrected chi connectivity index (χ2v) is 5.56. The third-order valence-corrected chi connectivity index (χ3v) is 3.90. The number of nitrogens with zero attached hydrogens (tertiary/aromatic N) is 1. The Morgan fingerprint density at radius 2 is 2.30 bits per heavy atom. The minimum absolute atomic E-state index is 0.0476. The van der Waals surface area contributed by atoms with Crippen LogP contribution in [0.1, 0.15) is 31.2 Å². The lowest BCUT2D eigenvalue weighted by molar-refractivity contribution is -0.129. The van der Waals surface area contributed by atoms with E-state index in [1.54, 1.807) is 17.0 Å². The molecule has 1 atom stereocenters. The lowest BCUT2D eigenvalue weighted by Crippen LogP contribution is -2.38. The molecular weight excluding hydrogens is 255 g/mol. The summed E-state index contributed by atoms with van der Waals surface area (Å²) in [6.45, 7) is 1.84. The summed E-state index contributed by atoms with van der Waals surface area (Å²) in [4.78, 5) is 13.8. The lowest BCUT2D eigenvalue weighted by atomic mass is 10.0. The van der Waals surface area contributed by atoms with Gasteiger partial charge in [0.05, 0.1) is 6.42 Å². The van der Waals surface area contributed by atoms with Gasteiger partial charge in [-0.2, -0.15) is 0 Å². The van der Waals surface area contributed by atoms with E-state index in [4.69, 9.17) is 0 Å². The van der Waals surface area contributed by atoms with Gasteiger partial charge in [-0.05, 0) is 43.5 Å². The zero-order valence-corrected chi connectivity index (χ0v) is 12.1. The van der Waals surface area contributed by atoms with Crippen molar-refractivity contribution in [2.75, 3.05) is 20.1 Å². The molecule has 0 radical (unpaired) electrons. The average Bonchev–Trinajstić information content (AvgIpc) is 2.46. The molecule has 1 aliphatic heterocycles. The smallest absolute Gasteiger partial charge is 0.226 e. The molecule has 0 saturated carbocycles. The molecule has 1 aliphatic rings. The van der Waals surface area contributed by atoms with E-state index in [1.807, 2.05) is 7.05 Å². The molecule has 0 aliphatic carbocycles. The number of rotatable bonds is 5. The van der Waals surface area contributed by atoms with Crippen LogP contribution in [0.15, 0.2) is 24.3 Å². The molecule has 1 aromatic carbocycles. The van der Waals surface area contributed by atoms with E-state index in [-0.39, 0.29) is 18.1 Å². The van der Waals surface area contributed by atoms with Crippen molar-refractivity contribution in [3.05, 3.63) is 35.6 Å². The Balaban J connectivity index is 1.76. The highest BCUT2D eigenvalue weighted by atomic mass is 19.1. The van der Waals surface area contributed by atoms with Gasteiger partial charge in [0.2, 0.25) is 5.91 Å². The van der Waals surface area contributed by atoms with Gasteiger partial charge in [0.15, 0.2) is 0 Å². The molecule has 1 heterocycles. The minimum Gasteiger partial charge on any atom is -0.345 e. The summed E-state index contributed by atoms with van der Waals surface area (Å²) in [5.74, 6) is -0.240. The minimum atomic E-state index is -0.288. The third-order valence-electron chi connectivity index (χ3n) is 3.90.